The Morgan fingerprint density at radius 2 is 1.97 bits per heavy atom. The molecule has 1 aromatic carbocycles. The van der Waals surface area contributed by atoms with Crippen LogP contribution in [-0.4, -0.2) is 30.2 Å². The molecular formula is C20H17FN6O2. The van der Waals surface area contributed by atoms with Crippen LogP contribution in [0.1, 0.15) is 12.0 Å². The number of aromatic nitrogens is 5. The summed E-state index contributed by atoms with van der Waals surface area (Å²) in [6, 6.07) is 9.41. The van der Waals surface area contributed by atoms with Crippen molar-refractivity contribution >= 4 is 16.9 Å². The fourth-order valence-electron chi connectivity index (χ4n) is 2.89. The number of aryl methyl sites for hydroxylation is 1. The fourth-order valence-corrected chi connectivity index (χ4v) is 2.89. The van der Waals surface area contributed by atoms with Crippen LogP contribution >= 0.6 is 0 Å². The second-order valence-corrected chi connectivity index (χ2v) is 6.40. The zero-order valence-corrected chi connectivity index (χ0v) is 15.3. The number of nitrogens with one attached hydrogen (secondary N) is 1. The molecule has 0 radical (unpaired) electrons. The Morgan fingerprint density at radius 1 is 1.14 bits per heavy atom. The number of halogens is 1. The number of nitrogens with zero attached hydrogens (tertiary/aromatic N) is 5. The Balaban J connectivity index is 1.46. The molecule has 3 aromatic heterocycles. The number of benzene rings is 1. The molecule has 4 aromatic rings. The van der Waals surface area contributed by atoms with E-state index in [0.717, 1.165) is 5.56 Å². The number of hydrogen-bond acceptors (Lipinski definition) is 5. The molecule has 1 N–H and O–H groups in total. The molecule has 0 saturated carbocycles. The summed E-state index contributed by atoms with van der Waals surface area (Å²) in [5.41, 5.74) is 1.58. The van der Waals surface area contributed by atoms with Gasteiger partial charge in [0.2, 0.25) is 5.91 Å². The van der Waals surface area contributed by atoms with E-state index in [-0.39, 0.29) is 30.2 Å². The standard InChI is InChI=1S/C20H17FN6O2/c21-15-3-5-16(6-4-15)27-19-17(12-25-27)20(29)26(13-24-19)9-7-18(28)23-11-14-2-1-8-22-10-14/h1-6,8,10,12-13H,7,9,11H2,(H,23,28). The predicted molar refractivity (Wildman–Crippen MR) is 104 cm³/mol. The van der Waals surface area contributed by atoms with E-state index < -0.39 is 0 Å². The predicted octanol–water partition coefficient (Wildman–Crippen LogP) is 1.82. The van der Waals surface area contributed by atoms with Gasteiger partial charge in [0.15, 0.2) is 5.65 Å². The number of hydrogen-bond donors (Lipinski definition) is 1. The van der Waals surface area contributed by atoms with Crippen LogP contribution in [0.4, 0.5) is 4.39 Å². The molecule has 9 heteroatoms. The molecule has 146 valence electrons. The molecule has 0 saturated heterocycles. The highest BCUT2D eigenvalue weighted by Crippen LogP contribution is 2.14. The third kappa shape index (κ3) is 4.03. The molecule has 4 rings (SSSR count). The maximum atomic E-state index is 13.1. The smallest absolute Gasteiger partial charge is 0.264 e. The van der Waals surface area contributed by atoms with E-state index in [1.54, 1.807) is 30.6 Å². The molecule has 3 heterocycles. The molecule has 0 aliphatic heterocycles. The SMILES string of the molecule is O=C(CCn1cnc2c(cnn2-c2ccc(F)cc2)c1=O)NCc1cccnc1. The van der Waals surface area contributed by atoms with Crippen molar-refractivity contribution in [1.29, 1.82) is 0 Å². The molecular weight excluding hydrogens is 375 g/mol. The molecule has 0 fully saturated rings. The molecule has 0 spiro atoms. The highest BCUT2D eigenvalue weighted by molar-refractivity contribution is 5.76. The van der Waals surface area contributed by atoms with E-state index in [2.05, 4.69) is 20.4 Å². The van der Waals surface area contributed by atoms with Crippen molar-refractivity contribution in [3.63, 3.8) is 0 Å². The van der Waals surface area contributed by atoms with Crippen molar-refractivity contribution in [3.05, 3.63) is 83.1 Å². The van der Waals surface area contributed by atoms with Gasteiger partial charge < -0.3 is 5.32 Å². The summed E-state index contributed by atoms with van der Waals surface area (Å²) in [7, 11) is 0. The second-order valence-electron chi connectivity index (χ2n) is 6.40. The zero-order chi connectivity index (χ0) is 20.2. The van der Waals surface area contributed by atoms with Crippen molar-refractivity contribution in [2.45, 2.75) is 19.5 Å². The van der Waals surface area contributed by atoms with Crippen LogP contribution in [0.25, 0.3) is 16.7 Å². The summed E-state index contributed by atoms with van der Waals surface area (Å²) in [6.07, 6.45) is 6.30. The van der Waals surface area contributed by atoms with Crippen LogP contribution in [0, 0.1) is 5.82 Å². The Hall–Kier alpha value is -3.88. The lowest BCUT2D eigenvalue weighted by molar-refractivity contribution is -0.121. The van der Waals surface area contributed by atoms with Gasteiger partial charge in [0.25, 0.3) is 5.56 Å². The van der Waals surface area contributed by atoms with Gasteiger partial charge in [-0.1, -0.05) is 6.07 Å². The van der Waals surface area contributed by atoms with Crippen LogP contribution in [0.5, 0.6) is 0 Å². The van der Waals surface area contributed by atoms with Crippen molar-refractivity contribution in [2.75, 3.05) is 0 Å². The first kappa shape index (κ1) is 18.5. The van der Waals surface area contributed by atoms with E-state index in [9.17, 15) is 14.0 Å². The monoisotopic (exact) mass is 392 g/mol. The number of amides is 1. The van der Waals surface area contributed by atoms with Crippen molar-refractivity contribution in [1.82, 2.24) is 29.6 Å². The van der Waals surface area contributed by atoms with Gasteiger partial charge in [-0.25, -0.2) is 14.1 Å². The highest BCUT2D eigenvalue weighted by atomic mass is 19.1. The van der Waals surface area contributed by atoms with Gasteiger partial charge in [-0.15, -0.1) is 0 Å². The van der Waals surface area contributed by atoms with E-state index in [4.69, 9.17) is 0 Å². The topological polar surface area (TPSA) is 94.7 Å². The van der Waals surface area contributed by atoms with Crippen molar-refractivity contribution in [3.8, 4) is 5.69 Å². The molecule has 0 bridgehead atoms. The highest BCUT2D eigenvalue weighted by Gasteiger charge is 2.12. The molecule has 29 heavy (non-hydrogen) atoms. The van der Waals surface area contributed by atoms with E-state index in [1.807, 2.05) is 6.07 Å². The zero-order valence-electron chi connectivity index (χ0n) is 15.3. The molecule has 0 atom stereocenters. The average Bonchev–Trinajstić information content (AvgIpc) is 3.18. The Bertz CT molecular complexity index is 1200. The lowest BCUT2D eigenvalue weighted by atomic mass is 10.3. The van der Waals surface area contributed by atoms with Gasteiger partial charge in [0, 0.05) is 31.9 Å². The Kier molecular flexibility index (Phi) is 5.10. The third-order valence-electron chi connectivity index (χ3n) is 4.42. The third-order valence-corrected chi connectivity index (χ3v) is 4.42. The summed E-state index contributed by atoms with van der Waals surface area (Å²) < 4.78 is 16.0. The lowest BCUT2D eigenvalue weighted by Gasteiger charge is -2.07. The summed E-state index contributed by atoms with van der Waals surface area (Å²) in [6.45, 7) is 0.575. The van der Waals surface area contributed by atoms with E-state index in [0.29, 0.717) is 23.3 Å². The minimum atomic E-state index is -0.359. The first-order valence-corrected chi connectivity index (χ1v) is 8.96. The number of rotatable bonds is 6. The lowest BCUT2D eigenvalue weighted by Crippen LogP contribution is -2.27. The van der Waals surface area contributed by atoms with Gasteiger partial charge in [-0.05, 0) is 35.9 Å². The van der Waals surface area contributed by atoms with E-state index >= 15 is 0 Å². The number of fused-ring (bicyclic) bond motifs is 1. The maximum absolute atomic E-state index is 13.1. The number of pyridine rings is 1. The Morgan fingerprint density at radius 3 is 2.72 bits per heavy atom. The Labute approximate surface area is 164 Å². The molecule has 1 amide bonds. The summed E-state index contributed by atoms with van der Waals surface area (Å²) in [5.74, 6) is -0.537. The van der Waals surface area contributed by atoms with Gasteiger partial charge in [-0.3, -0.25) is 19.1 Å². The first-order chi connectivity index (χ1) is 14.1. The van der Waals surface area contributed by atoms with Crippen molar-refractivity contribution in [2.24, 2.45) is 0 Å². The van der Waals surface area contributed by atoms with Gasteiger partial charge in [0.05, 0.1) is 18.2 Å². The molecule has 0 aliphatic rings. The maximum Gasteiger partial charge on any atom is 0.264 e. The summed E-state index contributed by atoms with van der Waals surface area (Å²) in [5, 5.41) is 7.31. The summed E-state index contributed by atoms with van der Waals surface area (Å²) in [4.78, 5) is 33.1. The number of carbonyl (C=O) groups is 1. The quantitative estimate of drug-likeness (QED) is 0.540. The second kappa shape index (κ2) is 8.01. The van der Waals surface area contributed by atoms with E-state index in [1.165, 1.54) is 33.9 Å². The van der Waals surface area contributed by atoms with Crippen molar-refractivity contribution < 1.29 is 9.18 Å². The van der Waals surface area contributed by atoms with Gasteiger partial charge in [0.1, 0.15) is 11.2 Å². The normalized spacial score (nSPS) is 10.9. The van der Waals surface area contributed by atoms with Gasteiger partial charge >= 0.3 is 0 Å². The van der Waals surface area contributed by atoms with Gasteiger partial charge in [-0.2, -0.15) is 5.10 Å². The van der Waals surface area contributed by atoms with Crippen LogP contribution in [0.2, 0.25) is 0 Å². The molecule has 0 unspecified atom stereocenters. The first-order valence-electron chi connectivity index (χ1n) is 8.96. The van der Waals surface area contributed by atoms with Crippen LogP contribution in [0.3, 0.4) is 0 Å². The van der Waals surface area contributed by atoms with Crippen LogP contribution in [-0.2, 0) is 17.9 Å². The molecule has 8 nitrogen and oxygen atoms in total. The average molecular weight is 392 g/mol. The largest absolute Gasteiger partial charge is 0.352 e. The number of carbonyl (C=O) groups excluding carboxylic acids is 1. The van der Waals surface area contributed by atoms with Crippen LogP contribution < -0.4 is 10.9 Å². The molecule has 0 aliphatic carbocycles. The fraction of sp³-hybridized carbons (Fsp3) is 0.150. The minimum Gasteiger partial charge on any atom is -0.352 e. The van der Waals surface area contributed by atoms with Crippen LogP contribution in [0.15, 0.2) is 66.1 Å². The summed E-state index contributed by atoms with van der Waals surface area (Å²) >= 11 is 0. The minimum absolute atomic E-state index is 0.138.